The first-order valence-corrected chi connectivity index (χ1v) is 5.76. The van der Waals surface area contributed by atoms with Crippen LogP contribution in [0.25, 0.3) is 0 Å². The van der Waals surface area contributed by atoms with Gasteiger partial charge in [0.2, 0.25) is 0 Å². The third-order valence-electron chi connectivity index (χ3n) is 2.87. The molecule has 0 aliphatic heterocycles. The fraction of sp³-hybridized carbons (Fsp3) is 1.00. The van der Waals surface area contributed by atoms with Crippen LogP contribution >= 0.6 is 11.6 Å². The first kappa shape index (κ1) is 10.4. The molecule has 0 aromatic heterocycles. The lowest BCUT2D eigenvalue weighted by molar-refractivity contribution is 0.441. The normalized spacial score (nSPS) is 30.0. The van der Waals surface area contributed by atoms with E-state index in [0.29, 0.717) is 5.38 Å². The fourth-order valence-corrected chi connectivity index (χ4v) is 2.47. The van der Waals surface area contributed by atoms with Crippen LogP contribution in [0.15, 0.2) is 0 Å². The van der Waals surface area contributed by atoms with E-state index in [9.17, 15) is 0 Å². The first-order valence-electron chi connectivity index (χ1n) is 5.32. The number of hydrogen-bond donors (Lipinski definition) is 0. The van der Waals surface area contributed by atoms with Gasteiger partial charge in [-0.3, -0.25) is 0 Å². The molecule has 0 N–H and O–H groups in total. The Morgan fingerprint density at radius 2 is 2.08 bits per heavy atom. The molecule has 0 amide bonds. The number of halogens is 1. The van der Waals surface area contributed by atoms with Crippen LogP contribution in [-0.2, 0) is 0 Å². The minimum atomic E-state index is 0.494. The molecule has 72 valence electrons. The van der Waals surface area contributed by atoms with Crippen LogP contribution in [0.2, 0.25) is 0 Å². The van der Waals surface area contributed by atoms with Crippen molar-refractivity contribution in [1.29, 1.82) is 0 Å². The van der Waals surface area contributed by atoms with Crippen molar-refractivity contribution in [3.8, 4) is 0 Å². The van der Waals surface area contributed by atoms with Crippen LogP contribution in [0.5, 0.6) is 0 Å². The van der Waals surface area contributed by atoms with Gasteiger partial charge < -0.3 is 0 Å². The van der Waals surface area contributed by atoms with Crippen molar-refractivity contribution < 1.29 is 0 Å². The number of hydrogen-bond acceptors (Lipinski definition) is 0. The van der Waals surface area contributed by atoms with Gasteiger partial charge in [0.15, 0.2) is 0 Å². The Morgan fingerprint density at radius 1 is 1.33 bits per heavy atom. The molecule has 0 radical (unpaired) electrons. The smallest absolute Gasteiger partial charge is 0.0338 e. The van der Waals surface area contributed by atoms with Crippen molar-refractivity contribution in [3.05, 3.63) is 0 Å². The molecule has 1 heteroatoms. The summed E-state index contributed by atoms with van der Waals surface area (Å²) in [6.07, 6.45) is 8.14. The van der Waals surface area contributed by atoms with Crippen molar-refractivity contribution in [3.63, 3.8) is 0 Å². The molecule has 0 heterocycles. The molecule has 0 nitrogen and oxygen atoms in total. The Kier molecular flexibility index (Phi) is 4.42. The minimum absolute atomic E-state index is 0.494. The summed E-state index contributed by atoms with van der Waals surface area (Å²) in [7, 11) is 0. The van der Waals surface area contributed by atoms with Gasteiger partial charge in [0.25, 0.3) is 0 Å². The van der Waals surface area contributed by atoms with E-state index in [1.807, 2.05) is 0 Å². The van der Waals surface area contributed by atoms with E-state index >= 15 is 0 Å². The second kappa shape index (κ2) is 5.11. The summed E-state index contributed by atoms with van der Waals surface area (Å²) < 4.78 is 0. The Balaban J connectivity index is 2.00. The van der Waals surface area contributed by atoms with E-state index in [-0.39, 0.29) is 0 Å². The largest absolute Gasteiger partial charge is 0.123 e. The zero-order valence-electron chi connectivity index (χ0n) is 8.35. The lowest BCUT2D eigenvalue weighted by Gasteiger charge is -2.09. The molecule has 0 aromatic rings. The average molecular weight is 189 g/mol. The molecule has 1 aliphatic rings. The Morgan fingerprint density at radius 3 is 2.58 bits per heavy atom. The molecule has 1 fully saturated rings. The van der Waals surface area contributed by atoms with Crippen molar-refractivity contribution in [2.75, 3.05) is 0 Å². The summed E-state index contributed by atoms with van der Waals surface area (Å²) in [5.74, 6) is 1.82. The van der Waals surface area contributed by atoms with Crippen LogP contribution in [0.4, 0.5) is 0 Å². The van der Waals surface area contributed by atoms with Crippen molar-refractivity contribution in [2.24, 2.45) is 11.8 Å². The minimum Gasteiger partial charge on any atom is -0.123 e. The average Bonchev–Trinajstić information content (AvgIpc) is 2.35. The second-order valence-electron chi connectivity index (χ2n) is 4.60. The topological polar surface area (TPSA) is 0 Å². The Bertz CT molecular complexity index is 120. The number of rotatable bonds is 4. The molecule has 0 spiro atoms. The molecule has 0 saturated heterocycles. The van der Waals surface area contributed by atoms with Gasteiger partial charge in [-0.25, -0.2) is 0 Å². The maximum absolute atomic E-state index is 6.05. The summed E-state index contributed by atoms with van der Waals surface area (Å²) in [4.78, 5) is 0. The predicted molar refractivity (Wildman–Crippen MR) is 55.7 cm³/mol. The summed E-state index contributed by atoms with van der Waals surface area (Å²) in [6.45, 7) is 4.61. The van der Waals surface area contributed by atoms with E-state index in [1.165, 1.54) is 38.5 Å². The first-order chi connectivity index (χ1) is 5.68. The molecule has 1 aliphatic carbocycles. The SMILES string of the molecule is CC(C)CCCC1CCC(Cl)C1. The standard InChI is InChI=1S/C11H21Cl/c1-9(2)4-3-5-10-6-7-11(12)8-10/h9-11H,3-8H2,1-2H3. The van der Waals surface area contributed by atoms with Crippen LogP contribution in [-0.4, -0.2) is 5.38 Å². The van der Waals surface area contributed by atoms with Gasteiger partial charge >= 0.3 is 0 Å². The highest BCUT2D eigenvalue weighted by atomic mass is 35.5. The summed E-state index contributed by atoms with van der Waals surface area (Å²) in [6, 6.07) is 0. The molecule has 1 rings (SSSR count). The van der Waals surface area contributed by atoms with Crippen LogP contribution in [0.3, 0.4) is 0 Å². The maximum Gasteiger partial charge on any atom is 0.0338 e. The third kappa shape index (κ3) is 3.80. The van der Waals surface area contributed by atoms with Gasteiger partial charge in [0.05, 0.1) is 0 Å². The molecular weight excluding hydrogens is 168 g/mol. The second-order valence-corrected chi connectivity index (χ2v) is 5.22. The quantitative estimate of drug-likeness (QED) is 0.580. The molecular formula is C11H21Cl. The summed E-state index contributed by atoms with van der Waals surface area (Å²) in [5.41, 5.74) is 0. The zero-order chi connectivity index (χ0) is 8.97. The molecule has 0 bridgehead atoms. The highest BCUT2D eigenvalue weighted by Gasteiger charge is 2.21. The van der Waals surface area contributed by atoms with E-state index in [0.717, 1.165) is 11.8 Å². The lowest BCUT2D eigenvalue weighted by atomic mass is 9.97. The van der Waals surface area contributed by atoms with Crippen LogP contribution in [0, 0.1) is 11.8 Å². The zero-order valence-corrected chi connectivity index (χ0v) is 9.11. The van der Waals surface area contributed by atoms with Gasteiger partial charge in [-0.1, -0.05) is 33.1 Å². The molecule has 0 aromatic carbocycles. The van der Waals surface area contributed by atoms with Gasteiger partial charge in [0, 0.05) is 5.38 Å². The predicted octanol–water partition coefficient (Wildman–Crippen LogP) is 4.22. The van der Waals surface area contributed by atoms with E-state index in [1.54, 1.807) is 0 Å². The van der Waals surface area contributed by atoms with E-state index < -0.39 is 0 Å². The monoisotopic (exact) mass is 188 g/mol. The lowest BCUT2D eigenvalue weighted by Crippen LogP contribution is -1.97. The number of alkyl halides is 1. The highest BCUT2D eigenvalue weighted by molar-refractivity contribution is 6.20. The van der Waals surface area contributed by atoms with Gasteiger partial charge in [-0.05, 0) is 31.1 Å². The fourth-order valence-electron chi connectivity index (χ4n) is 2.09. The van der Waals surface area contributed by atoms with Gasteiger partial charge in [-0.2, -0.15) is 0 Å². The van der Waals surface area contributed by atoms with E-state index in [4.69, 9.17) is 11.6 Å². The van der Waals surface area contributed by atoms with Crippen molar-refractivity contribution in [2.45, 2.75) is 57.7 Å². The van der Waals surface area contributed by atoms with E-state index in [2.05, 4.69) is 13.8 Å². The van der Waals surface area contributed by atoms with Crippen molar-refractivity contribution >= 4 is 11.6 Å². The molecule has 12 heavy (non-hydrogen) atoms. The van der Waals surface area contributed by atoms with Gasteiger partial charge in [0.1, 0.15) is 0 Å². The third-order valence-corrected chi connectivity index (χ3v) is 3.27. The molecule has 1 saturated carbocycles. The Labute approximate surface area is 81.7 Å². The van der Waals surface area contributed by atoms with Crippen LogP contribution < -0.4 is 0 Å². The summed E-state index contributed by atoms with van der Waals surface area (Å²) >= 11 is 6.05. The highest BCUT2D eigenvalue weighted by Crippen LogP contribution is 2.32. The molecule has 2 unspecified atom stereocenters. The summed E-state index contributed by atoms with van der Waals surface area (Å²) in [5, 5.41) is 0.494. The maximum atomic E-state index is 6.05. The Hall–Kier alpha value is 0.290. The van der Waals surface area contributed by atoms with Crippen molar-refractivity contribution in [1.82, 2.24) is 0 Å². The molecule has 2 atom stereocenters. The van der Waals surface area contributed by atoms with Crippen LogP contribution in [0.1, 0.15) is 52.4 Å². The van der Waals surface area contributed by atoms with Gasteiger partial charge in [-0.15, -0.1) is 11.6 Å².